The standard InChI is InChI=1S/6C4H9.2C3H5.BrH.ClH.Mg.2Sn/c6*1-3-4-2;2*1-3-2;;;;;/h6*1,3-4H2,2H3;2*3H,1-2H2;2*1H;;;/q;;;;;;;-1;;;+2;;+1/p-2. The number of allylic oxidation sites excluding steroid dienone is 2. The molecule has 0 saturated carbocycles. The smallest absolute Gasteiger partial charge is 1.00 e. The van der Waals surface area contributed by atoms with E-state index in [1.54, 1.807) is 13.3 Å². The summed E-state index contributed by atoms with van der Waals surface area (Å²) in [5, 5.41) is 0. The molecule has 0 spiro atoms. The Balaban J connectivity index is -0.000000147. The molecule has 0 nitrogen and oxygen atoms in total. The first kappa shape index (κ1) is 47.3. The molecule has 0 aliphatic heterocycles. The Morgan fingerprint density at radius 3 is 1.03 bits per heavy atom. The van der Waals surface area contributed by atoms with Gasteiger partial charge in [0.25, 0.3) is 0 Å². The zero-order valence-electron chi connectivity index (χ0n) is 25.2. The summed E-state index contributed by atoms with van der Waals surface area (Å²) < 4.78 is 10.6. The van der Waals surface area contributed by atoms with Crippen molar-refractivity contribution in [1.29, 1.82) is 0 Å². The third-order valence-corrected chi connectivity index (χ3v) is 36.6. The normalized spacial score (nSPS) is 10.5. The van der Waals surface area contributed by atoms with Crippen molar-refractivity contribution in [2.24, 2.45) is 0 Å². The first-order valence-corrected chi connectivity index (χ1v) is 32.3. The second-order valence-corrected chi connectivity index (χ2v) is 40.3. The molecule has 0 rings (SSSR count). The maximum Gasteiger partial charge on any atom is 2.00 e. The zero-order chi connectivity index (χ0) is 25.8. The molecule has 0 unspecified atom stereocenters. The van der Waals surface area contributed by atoms with Crippen LogP contribution in [0.5, 0.6) is 0 Å². The summed E-state index contributed by atoms with van der Waals surface area (Å²) in [5.41, 5.74) is 0. The van der Waals surface area contributed by atoms with Gasteiger partial charge in [-0.15, -0.1) is 0 Å². The number of rotatable bonds is 20. The molecule has 0 heterocycles. The van der Waals surface area contributed by atoms with Crippen molar-refractivity contribution in [3.8, 4) is 0 Å². The van der Waals surface area contributed by atoms with Crippen molar-refractivity contribution in [2.45, 2.75) is 150 Å². The molecule has 0 atom stereocenters. The van der Waals surface area contributed by atoms with Gasteiger partial charge in [0.05, 0.1) is 0 Å². The van der Waals surface area contributed by atoms with E-state index in [1.165, 1.54) is 101 Å². The van der Waals surface area contributed by atoms with Crippen LogP contribution in [0.1, 0.15) is 119 Å². The third-order valence-electron chi connectivity index (χ3n) is 6.69. The van der Waals surface area contributed by atoms with Gasteiger partial charge in [0, 0.05) is 0 Å². The summed E-state index contributed by atoms with van der Waals surface area (Å²) in [5.74, 6) is 0. The molecule has 0 amide bonds. The molecule has 0 aromatic carbocycles. The summed E-state index contributed by atoms with van der Waals surface area (Å²) in [4.78, 5) is 0. The number of hydrogen-bond donors (Lipinski definition) is 0. The molecule has 35 heavy (non-hydrogen) atoms. The number of unbranched alkanes of at least 4 members (excludes halogenated alkanes) is 6. The van der Waals surface area contributed by atoms with Gasteiger partial charge in [0.1, 0.15) is 0 Å². The molecule has 0 aromatic rings. The van der Waals surface area contributed by atoms with Gasteiger partial charge >= 0.3 is 230 Å². The van der Waals surface area contributed by atoms with Crippen LogP contribution in [0, 0.1) is 6.92 Å². The molecule has 0 fully saturated rings. The van der Waals surface area contributed by atoms with Gasteiger partial charge in [-0.05, 0) is 0 Å². The molecule has 0 aliphatic carbocycles. The second-order valence-electron chi connectivity index (χ2n) is 10.1. The predicted molar refractivity (Wildman–Crippen MR) is 172 cm³/mol. The Hall–Kier alpha value is 2.48. The number of halogens is 2. The Kier molecular flexibility index (Phi) is 49.3. The average molecular weight is 802 g/mol. The van der Waals surface area contributed by atoms with Crippen molar-refractivity contribution >= 4 is 67.6 Å². The quantitative estimate of drug-likeness (QED) is 0.0655. The maximum atomic E-state index is 6.89. The van der Waals surface area contributed by atoms with Crippen LogP contribution in [0.2, 0.25) is 31.1 Å². The largest absolute Gasteiger partial charge is 2.00 e. The van der Waals surface area contributed by atoms with E-state index in [2.05, 4.69) is 67.7 Å². The van der Waals surface area contributed by atoms with Gasteiger partial charge in [-0.2, -0.15) is 0 Å². The maximum absolute atomic E-state index is 6.89. The molecule has 208 valence electrons. The summed E-state index contributed by atoms with van der Waals surface area (Å²) in [6.45, 7) is 24.4. The summed E-state index contributed by atoms with van der Waals surface area (Å²) in [7, 11) is 6.89. The van der Waals surface area contributed by atoms with Crippen LogP contribution in [-0.4, -0.2) is 58.7 Å². The fraction of sp³-hybridized carbons (Fsp3) is 0.833. The molecule has 0 saturated heterocycles. The molecule has 0 aliphatic rings. The average Bonchev–Trinajstić information content (AvgIpc) is 2.82. The van der Waals surface area contributed by atoms with Crippen molar-refractivity contribution in [3.63, 3.8) is 0 Å². The third kappa shape index (κ3) is 32.6. The van der Waals surface area contributed by atoms with Gasteiger partial charge in [-0.25, -0.2) is 19.6 Å². The Labute approximate surface area is 263 Å². The van der Waals surface area contributed by atoms with Gasteiger partial charge < -0.3 is 17.0 Å². The van der Waals surface area contributed by atoms with E-state index in [4.69, 9.17) is 8.92 Å². The Bertz CT molecular complexity index is 364. The minimum absolute atomic E-state index is 0. The van der Waals surface area contributed by atoms with Gasteiger partial charge in [0.15, 0.2) is 0 Å². The minimum atomic E-state index is -2.09. The summed E-state index contributed by atoms with van der Waals surface area (Å²) >= 11 is -3.87. The van der Waals surface area contributed by atoms with E-state index in [0.29, 0.717) is 0 Å². The molecular formula is C30H64BrClMgSn2. The van der Waals surface area contributed by atoms with E-state index in [0.717, 1.165) is 0 Å². The first-order valence-electron chi connectivity index (χ1n) is 14.5. The molecule has 0 bridgehead atoms. The van der Waals surface area contributed by atoms with Crippen LogP contribution in [-0.2, 0) is 0 Å². The SMILES string of the molecule is C=C[CH2-].C=C[CH2][Sn]([CH2]CCC)([CH2]CCC)[CH2]CCC.CCC[CH2][Sn]([Cl])([CH2]CCC)[CH2]CCC.[Br-].[Mg+2]. The molecule has 5 heteroatoms. The summed E-state index contributed by atoms with van der Waals surface area (Å²) in [6, 6.07) is 0. The van der Waals surface area contributed by atoms with E-state index in [-0.39, 0.29) is 40.0 Å². The Morgan fingerprint density at radius 1 is 0.600 bits per heavy atom. The first-order chi connectivity index (χ1) is 15.8. The van der Waals surface area contributed by atoms with Crippen molar-refractivity contribution in [3.05, 3.63) is 32.2 Å². The van der Waals surface area contributed by atoms with Crippen LogP contribution in [0.15, 0.2) is 25.3 Å². The van der Waals surface area contributed by atoms with E-state index in [1.807, 2.05) is 0 Å². The second kappa shape index (κ2) is 36.5. The minimum Gasteiger partial charge on any atom is -1.00 e. The molecule has 0 N–H and O–H groups in total. The van der Waals surface area contributed by atoms with E-state index in [9.17, 15) is 0 Å². The van der Waals surface area contributed by atoms with Crippen LogP contribution < -0.4 is 17.0 Å². The zero-order valence-corrected chi connectivity index (χ0v) is 34.6. The summed E-state index contributed by atoms with van der Waals surface area (Å²) in [6.07, 6.45) is 20.5. The Morgan fingerprint density at radius 2 is 0.829 bits per heavy atom. The van der Waals surface area contributed by atoms with Gasteiger partial charge in [-0.1, -0.05) is 0 Å². The van der Waals surface area contributed by atoms with Crippen LogP contribution in [0.25, 0.3) is 0 Å². The molecular weight excluding hydrogens is 737 g/mol. The monoisotopic (exact) mass is 802 g/mol. The van der Waals surface area contributed by atoms with Crippen LogP contribution >= 0.6 is 8.92 Å². The molecule has 0 aromatic heterocycles. The van der Waals surface area contributed by atoms with E-state index < -0.39 is 35.6 Å². The fourth-order valence-electron chi connectivity index (χ4n) is 4.50. The topological polar surface area (TPSA) is 0 Å². The van der Waals surface area contributed by atoms with Gasteiger partial charge in [0.2, 0.25) is 0 Å². The van der Waals surface area contributed by atoms with Crippen molar-refractivity contribution < 1.29 is 17.0 Å². The number of hydrogen-bond acceptors (Lipinski definition) is 0. The van der Waals surface area contributed by atoms with Crippen molar-refractivity contribution in [1.82, 2.24) is 0 Å². The van der Waals surface area contributed by atoms with Crippen LogP contribution in [0.4, 0.5) is 0 Å². The molecule has 0 radical (unpaired) electrons. The van der Waals surface area contributed by atoms with Crippen molar-refractivity contribution in [2.75, 3.05) is 0 Å². The van der Waals surface area contributed by atoms with E-state index >= 15 is 0 Å². The van der Waals surface area contributed by atoms with Gasteiger partial charge in [-0.3, -0.25) is 0 Å². The fourth-order valence-corrected chi connectivity index (χ4v) is 32.9. The predicted octanol–water partition coefficient (Wildman–Crippen LogP) is 9.22. The van der Waals surface area contributed by atoms with Crippen LogP contribution in [0.3, 0.4) is 0 Å².